The molecule has 0 saturated carbocycles. The summed E-state index contributed by atoms with van der Waals surface area (Å²) in [6.07, 6.45) is -5.04. The molecule has 0 radical (unpaired) electrons. The highest BCUT2D eigenvalue weighted by atomic mass is 19.4. The zero-order chi connectivity index (χ0) is 23.4. The van der Waals surface area contributed by atoms with Gasteiger partial charge in [-0.05, 0) is 42.0 Å². The van der Waals surface area contributed by atoms with Crippen LogP contribution in [0.4, 0.5) is 28.9 Å². The highest BCUT2D eigenvalue weighted by molar-refractivity contribution is 6.05. The van der Waals surface area contributed by atoms with Gasteiger partial charge in [-0.2, -0.15) is 18.3 Å². The number of aldehydes is 1. The molecule has 1 unspecified atom stereocenters. The van der Waals surface area contributed by atoms with Crippen molar-refractivity contribution in [2.45, 2.75) is 18.9 Å². The van der Waals surface area contributed by atoms with Gasteiger partial charge < -0.3 is 4.74 Å². The van der Waals surface area contributed by atoms with Crippen molar-refractivity contribution in [2.24, 2.45) is 5.10 Å². The molecule has 3 aromatic rings. The molecule has 0 bridgehead atoms. The Morgan fingerprint density at radius 3 is 2.21 bits per heavy atom. The van der Waals surface area contributed by atoms with Crippen molar-refractivity contribution in [3.05, 3.63) is 95.8 Å². The number of hydrogen-bond acceptors (Lipinski definition) is 5. The van der Waals surface area contributed by atoms with Crippen LogP contribution in [-0.4, -0.2) is 24.9 Å². The summed E-state index contributed by atoms with van der Waals surface area (Å²) in [7, 11) is 0. The third-order valence-corrected chi connectivity index (χ3v) is 5.05. The quantitative estimate of drug-likeness (QED) is 0.360. The molecule has 1 aliphatic heterocycles. The topological polar surface area (TPSA) is 45.1 Å². The minimum atomic E-state index is -4.49. The molecule has 0 aromatic heterocycles. The fraction of sp³-hybridized carbons (Fsp3) is 0.167. The average molecular weight is 457 g/mol. The van der Waals surface area contributed by atoms with Crippen molar-refractivity contribution in [1.82, 2.24) is 0 Å². The van der Waals surface area contributed by atoms with Gasteiger partial charge in [0, 0.05) is 0 Å². The van der Waals surface area contributed by atoms with Crippen molar-refractivity contribution >= 4 is 23.5 Å². The van der Waals surface area contributed by atoms with Gasteiger partial charge in [0.05, 0.1) is 23.5 Å². The molecule has 0 amide bonds. The molecule has 4 rings (SSSR count). The van der Waals surface area contributed by atoms with Crippen LogP contribution in [0.1, 0.15) is 11.1 Å². The van der Waals surface area contributed by atoms with Gasteiger partial charge in [-0.3, -0.25) is 9.69 Å². The van der Waals surface area contributed by atoms with Crippen LogP contribution in [0.2, 0.25) is 0 Å². The van der Waals surface area contributed by atoms with Crippen molar-refractivity contribution in [2.75, 3.05) is 16.5 Å². The molecule has 1 heterocycles. The third-order valence-electron chi connectivity index (χ3n) is 5.05. The van der Waals surface area contributed by atoms with Crippen LogP contribution in [-0.2, 0) is 22.3 Å². The number of hydrogen-bond donors (Lipinski definition) is 0. The molecular formula is C24H19F4N3O2. The number of carbonyl (C=O) groups is 1. The number of hydrazone groups is 1. The summed E-state index contributed by atoms with van der Waals surface area (Å²) in [5, 5.41) is 5.66. The minimum Gasteiger partial charge on any atom is -0.369 e. The van der Waals surface area contributed by atoms with Crippen LogP contribution in [0, 0.1) is 5.82 Å². The Labute approximate surface area is 187 Å². The van der Waals surface area contributed by atoms with E-state index in [4.69, 9.17) is 4.74 Å². The van der Waals surface area contributed by atoms with E-state index in [-0.39, 0.29) is 30.4 Å². The van der Waals surface area contributed by atoms with E-state index in [0.29, 0.717) is 6.29 Å². The van der Waals surface area contributed by atoms with Gasteiger partial charge in [-0.1, -0.05) is 42.5 Å². The number of carbonyl (C=O) groups excluding carboxylic acids is 1. The van der Waals surface area contributed by atoms with Gasteiger partial charge in [-0.25, -0.2) is 9.40 Å². The number of rotatable bonds is 7. The Balaban J connectivity index is 1.65. The molecule has 33 heavy (non-hydrogen) atoms. The molecule has 0 saturated heterocycles. The average Bonchev–Trinajstić information content (AvgIpc) is 3.18. The zero-order valence-electron chi connectivity index (χ0n) is 17.2. The van der Waals surface area contributed by atoms with Crippen LogP contribution in [0.3, 0.4) is 0 Å². The summed E-state index contributed by atoms with van der Waals surface area (Å²) < 4.78 is 59.2. The second-order valence-electron chi connectivity index (χ2n) is 7.25. The number of para-hydroxylation sites is 1. The summed E-state index contributed by atoms with van der Waals surface area (Å²) in [5.74, 6) is -0.331. The Morgan fingerprint density at radius 1 is 0.909 bits per heavy atom. The predicted octanol–water partition coefficient (Wildman–Crippen LogP) is 5.23. The first-order chi connectivity index (χ1) is 15.9. The Bertz CT molecular complexity index is 1130. The van der Waals surface area contributed by atoms with Crippen molar-refractivity contribution in [1.29, 1.82) is 0 Å². The predicted molar refractivity (Wildman–Crippen MR) is 116 cm³/mol. The number of ether oxygens (including phenoxy) is 1. The van der Waals surface area contributed by atoms with Gasteiger partial charge >= 0.3 is 6.18 Å². The second-order valence-corrected chi connectivity index (χ2v) is 7.25. The van der Waals surface area contributed by atoms with Gasteiger partial charge in [0.15, 0.2) is 18.3 Å². The molecule has 0 fully saturated rings. The van der Waals surface area contributed by atoms with Crippen LogP contribution in [0.25, 0.3) is 0 Å². The Morgan fingerprint density at radius 2 is 1.58 bits per heavy atom. The molecule has 0 aliphatic carbocycles. The van der Waals surface area contributed by atoms with E-state index in [0.717, 1.165) is 17.7 Å². The molecule has 0 N–H and O–H groups in total. The fourth-order valence-corrected chi connectivity index (χ4v) is 3.49. The second kappa shape index (κ2) is 9.41. The molecule has 0 spiro atoms. The number of anilines is 2. The van der Waals surface area contributed by atoms with E-state index in [1.54, 1.807) is 6.07 Å². The third kappa shape index (κ3) is 4.88. The zero-order valence-corrected chi connectivity index (χ0v) is 17.2. The number of halogens is 4. The normalized spacial score (nSPS) is 16.1. The van der Waals surface area contributed by atoms with E-state index in [1.165, 1.54) is 40.2 Å². The van der Waals surface area contributed by atoms with Gasteiger partial charge in [0.1, 0.15) is 12.4 Å². The molecule has 1 atom stereocenters. The largest absolute Gasteiger partial charge is 0.416 e. The lowest BCUT2D eigenvalue weighted by Crippen LogP contribution is -2.45. The monoisotopic (exact) mass is 457 g/mol. The maximum Gasteiger partial charge on any atom is 0.416 e. The summed E-state index contributed by atoms with van der Waals surface area (Å²) >= 11 is 0. The smallest absolute Gasteiger partial charge is 0.369 e. The Hall–Kier alpha value is -3.72. The maximum absolute atomic E-state index is 14.6. The minimum absolute atomic E-state index is 0.0509. The van der Waals surface area contributed by atoms with Crippen molar-refractivity contribution in [3.63, 3.8) is 0 Å². The number of benzene rings is 3. The number of nitrogens with zero attached hydrogens (tertiary/aromatic N) is 3. The lowest BCUT2D eigenvalue weighted by atomic mass is 10.2. The molecule has 9 heteroatoms. The number of alkyl halides is 3. The first kappa shape index (κ1) is 22.5. The molecule has 5 nitrogen and oxygen atoms in total. The lowest BCUT2D eigenvalue weighted by molar-refractivity contribution is -0.137. The van der Waals surface area contributed by atoms with E-state index < -0.39 is 23.7 Å². The van der Waals surface area contributed by atoms with Crippen molar-refractivity contribution < 1.29 is 27.1 Å². The first-order valence-corrected chi connectivity index (χ1v) is 10.0. The summed E-state index contributed by atoms with van der Waals surface area (Å²) in [6.45, 7) is 0.210. The van der Waals surface area contributed by atoms with Crippen molar-refractivity contribution in [3.8, 4) is 0 Å². The first-order valence-electron chi connectivity index (χ1n) is 10.0. The maximum atomic E-state index is 14.6. The van der Waals surface area contributed by atoms with Gasteiger partial charge in [0.2, 0.25) is 0 Å². The van der Waals surface area contributed by atoms with Crippen LogP contribution in [0.15, 0.2) is 84.0 Å². The van der Waals surface area contributed by atoms with Gasteiger partial charge in [-0.15, -0.1) is 0 Å². The van der Waals surface area contributed by atoms with Crippen LogP contribution < -0.4 is 9.91 Å². The summed E-state index contributed by atoms with van der Waals surface area (Å²) in [5.41, 5.74) is 0.445. The van der Waals surface area contributed by atoms with E-state index in [9.17, 15) is 22.4 Å². The SMILES string of the molecule is O=CC1N(c2ccc(C(F)(F)F)cc2)N=C(COCc2ccccc2)N1c1ccccc1F. The van der Waals surface area contributed by atoms with E-state index in [1.807, 2.05) is 30.3 Å². The number of amidine groups is 1. The van der Waals surface area contributed by atoms with Crippen LogP contribution in [0.5, 0.6) is 0 Å². The molecule has 170 valence electrons. The van der Waals surface area contributed by atoms with E-state index in [2.05, 4.69) is 5.10 Å². The highest BCUT2D eigenvalue weighted by Crippen LogP contribution is 2.34. The lowest BCUT2D eigenvalue weighted by Gasteiger charge is -2.28. The summed E-state index contributed by atoms with van der Waals surface area (Å²) in [6, 6.07) is 19.5. The Kier molecular flexibility index (Phi) is 6.41. The van der Waals surface area contributed by atoms with E-state index >= 15 is 0 Å². The molecule has 1 aliphatic rings. The fourth-order valence-electron chi connectivity index (χ4n) is 3.49. The highest BCUT2D eigenvalue weighted by Gasteiger charge is 2.38. The molecular weight excluding hydrogens is 438 g/mol. The van der Waals surface area contributed by atoms with Gasteiger partial charge in [0.25, 0.3) is 0 Å². The summed E-state index contributed by atoms with van der Waals surface area (Å²) in [4.78, 5) is 13.4. The molecule has 3 aromatic carbocycles. The standard InChI is InChI=1S/C24H19F4N3O2/c25-20-8-4-5-9-21(20)30-22(16-33-15-17-6-2-1-3-7-17)29-31(23(30)14-32)19-12-10-18(11-13-19)24(26,27)28/h1-14,23H,15-16H2. The van der Waals surface area contributed by atoms with Crippen LogP contribution >= 0.6 is 0 Å².